The first-order valence-corrected chi connectivity index (χ1v) is 10.8. The second-order valence-electron chi connectivity index (χ2n) is 6.76. The number of hydrogen-bond donors (Lipinski definition) is 1. The van der Waals surface area contributed by atoms with Crippen LogP contribution in [0.2, 0.25) is 0 Å². The molecule has 0 bridgehead atoms. The summed E-state index contributed by atoms with van der Waals surface area (Å²) in [5.74, 6) is 0.116. The minimum Gasteiger partial charge on any atom is -0.479 e. The van der Waals surface area contributed by atoms with Crippen molar-refractivity contribution in [3.8, 4) is 11.8 Å². The van der Waals surface area contributed by atoms with Gasteiger partial charge in [0.2, 0.25) is 0 Å². The minimum atomic E-state index is -3.71. The Kier molecular flexibility index (Phi) is 6.58. The lowest BCUT2D eigenvalue weighted by Gasteiger charge is -2.20. The van der Waals surface area contributed by atoms with Crippen LogP contribution < -0.4 is 14.4 Å². The molecule has 0 aliphatic rings. The van der Waals surface area contributed by atoms with E-state index >= 15 is 0 Å². The minimum absolute atomic E-state index is 0.0854. The summed E-state index contributed by atoms with van der Waals surface area (Å²) < 4.78 is 32.1. The Morgan fingerprint density at radius 2 is 1.74 bits per heavy atom. The van der Waals surface area contributed by atoms with E-state index in [1.807, 2.05) is 13.0 Å². The lowest BCUT2D eigenvalue weighted by molar-refractivity contribution is 0.102. The Bertz CT molecular complexity index is 1210. The number of carbonyl (C=O) groups excluding carboxylic acids is 1. The highest BCUT2D eigenvalue weighted by Crippen LogP contribution is 2.23. The lowest BCUT2D eigenvalue weighted by atomic mass is 10.2. The van der Waals surface area contributed by atoms with Gasteiger partial charge in [0.05, 0.1) is 10.6 Å². The van der Waals surface area contributed by atoms with E-state index in [2.05, 4.69) is 5.32 Å². The molecular weight excluding hydrogens is 414 g/mol. The zero-order chi connectivity index (χ0) is 22.4. The van der Waals surface area contributed by atoms with E-state index < -0.39 is 10.0 Å². The fourth-order valence-electron chi connectivity index (χ4n) is 2.81. The number of sulfonamides is 1. The summed E-state index contributed by atoms with van der Waals surface area (Å²) in [7, 11) is -2.24. The number of hydrogen-bond acceptors (Lipinski definition) is 5. The maximum Gasteiger partial charge on any atom is 0.264 e. The maximum atomic E-state index is 12.8. The third-order valence-electron chi connectivity index (χ3n) is 4.57. The number of nitrogens with zero attached hydrogens (tertiary/aromatic N) is 2. The molecule has 0 saturated carbocycles. The fraction of sp³-hybridized carbons (Fsp3) is 0.130. The van der Waals surface area contributed by atoms with E-state index in [0.717, 1.165) is 5.56 Å². The average molecular weight is 436 g/mol. The maximum absolute atomic E-state index is 12.8. The van der Waals surface area contributed by atoms with Gasteiger partial charge in [-0.15, -0.1) is 0 Å². The van der Waals surface area contributed by atoms with Crippen LogP contribution in [0.4, 0.5) is 11.4 Å². The van der Waals surface area contributed by atoms with Gasteiger partial charge in [0.1, 0.15) is 11.8 Å². The Labute approximate surface area is 181 Å². The topological polar surface area (TPSA) is 99.5 Å². The number of benzene rings is 3. The van der Waals surface area contributed by atoms with Crippen molar-refractivity contribution in [2.45, 2.75) is 11.8 Å². The van der Waals surface area contributed by atoms with Crippen LogP contribution in [0.5, 0.6) is 5.75 Å². The molecule has 0 radical (unpaired) electrons. The van der Waals surface area contributed by atoms with Crippen LogP contribution in [-0.2, 0) is 10.0 Å². The molecule has 158 valence electrons. The predicted molar refractivity (Wildman–Crippen MR) is 119 cm³/mol. The van der Waals surface area contributed by atoms with Crippen LogP contribution >= 0.6 is 0 Å². The number of amides is 1. The third-order valence-corrected chi connectivity index (χ3v) is 6.37. The Morgan fingerprint density at radius 1 is 1.06 bits per heavy atom. The van der Waals surface area contributed by atoms with Gasteiger partial charge in [-0.2, -0.15) is 5.26 Å². The van der Waals surface area contributed by atoms with Crippen LogP contribution in [0.1, 0.15) is 15.9 Å². The van der Waals surface area contributed by atoms with Crippen LogP contribution in [0.25, 0.3) is 0 Å². The standard InChI is InChI=1S/C23H21N3O4S/c1-17-6-12-22(13-7-17)31(28,29)26(2)20-10-8-18(9-11-20)23(27)25-19-4-3-5-21(16-19)30-15-14-24/h3-13,16H,15H2,1-2H3,(H,25,27). The highest BCUT2D eigenvalue weighted by Gasteiger charge is 2.21. The second kappa shape index (κ2) is 9.32. The van der Waals surface area contributed by atoms with Crippen molar-refractivity contribution in [2.75, 3.05) is 23.3 Å². The molecule has 1 N–H and O–H groups in total. The fourth-order valence-corrected chi connectivity index (χ4v) is 4.01. The molecule has 0 aliphatic carbocycles. The van der Waals surface area contributed by atoms with Gasteiger partial charge in [0, 0.05) is 24.4 Å². The van der Waals surface area contributed by atoms with Crippen molar-refractivity contribution in [3.63, 3.8) is 0 Å². The largest absolute Gasteiger partial charge is 0.479 e. The van der Waals surface area contributed by atoms with Gasteiger partial charge in [-0.05, 0) is 55.5 Å². The molecule has 31 heavy (non-hydrogen) atoms. The van der Waals surface area contributed by atoms with Crippen molar-refractivity contribution in [2.24, 2.45) is 0 Å². The van der Waals surface area contributed by atoms with Crippen LogP contribution in [0, 0.1) is 18.3 Å². The van der Waals surface area contributed by atoms with E-state index in [4.69, 9.17) is 10.00 Å². The van der Waals surface area contributed by atoms with Gasteiger partial charge < -0.3 is 10.1 Å². The van der Waals surface area contributed by atoms with Crippen LogP contribution in [-0.4, -0.2) is 28.0 Å². The summed E-state index contributed by atoms with van der Waals surface area (Å²) in [5.41, 5.74) is 2.29. The molecule has 3 aromatic rings. The van der Waals surface area contributed by atoms with Crippen molar-refractivity contribution < 1.29 is 17.9 Å². The molecule has 0 unspecified atom stereocenters. The van der Waals surface area contributed by atoms with E-state index in [1.165, 1.54) is 11.4 Å². The quantitative estimate of drug-likeness (QED) is 0.605. The summed E-state index contributed by atoms with van der Waals surface area (Å²) in [5, 5.41) is 11.3. The molecule has 0 atom stereocenters. The summed E-state index contributed by atoms with van der Waals surface area (Å²) in [4.78, 5) is 12.7. The molecule has 7 nitrogen and oxygen atoms in total. The average Bonchev–Trinajstić information content (AvgIpc) is 2.78. The number of rotatable bonds is 7. The Hall–Kier alpha value is -3.83. The SMILES string of the molecule is Cc1ccc(S(=O)(=O)N(C)c2ccc(C(=O)Nc3cccc(OCC#N)c3)cc2)cc1. The zero-order valence-electron chi connectivity index (χ0n) is 17.1. The van der Waals surface area contributed by atoms with E-state index in [-0.39, 0.29) is 17.4 Å². The van der Waals surface area contributed by atoms with Crippen molar-refractivity contribution in [1.29, 1.82) is 5.26 Å². The number of carbonyl (C=O) groups is 1. The highest BCUT2D eigenvalue weighted by molar-refractivity contribution is 7.92. The molecule has 0 aliphatic heterocycles. The van der Waals surface area contributed by atoms with Crippen LogP contribution in [0.15, 0.2) is 77.7 Å². The molecule has 0 aromatic heterocycles. The Morgan fingerprint density at radius 3 is 2.39 bits per heavy atom. The van der Waals surface area contributed by atoms with Crippen molar-refractivity contribution >= 4 is 27.3 Å². The first-order valence-electron chi connectivity index (χ1n) is 9.38. The van der Waals surface area contributed by atoms with Crippen molar-refractivity contribution in [3.05, 3.63) is 83.9 Å². The number of nitrogens with one attached hydrogen (secondary N) is 1. The van der Waals surface area contributed by atoms with Gasteiger partial charge in [0.25, 0.3) is 15.9 Å². The van der Waals surface area contributed by atoms with Gasteiger partial charge in [-0.1, -0.05) is 23.8 Å². The van der Waals surface area contributed by atoms with E-state index in [9.17, 15) is 13.2 Å². The lowest BCUT2D eigenvalue weighted by Crippen LogP contribution is -2.26. The third kappa shape index (κ3) is 5.21. The number of ether oxygens (including phenoxy) is 1. The van der Waals surface area contributed by atoms with Gasteiger partial charge in [-0.25, -0.2) is 8.42 Å². The van der Waals surface area contributed by atoms with E-state index in [0.29, 0.717) is 22.7 Å². The monoisotopic (exact) mass is 435 g/mol. The van der Waals surface area contributed by atoms with E-state index in [1.54, 1.807) is 72.8 Å². The first-order chi connectivity index (χ1) is 14.8. The Balaban J connectivity index is 1.73. The highest BCUT2D eigenvalue weighted by atomic mass is 32.2. The van der Waals surface area contributed by atoms with Crippen LogP contribution in [0.3, 0.4) is 0 Å². The molecule has 0 heterocycles. The normalized spacial score (nSPS) is 10.7. The molecule has 3 aromatic carbocycles. The van der Waals surface area contributed by atoms with Gasteiger partial charge in [0.15, 0.2) is 6.61 Å². The molecular formula is C23H21N3O4S. The molecule has 1 amide bonds. The summed E-state index contributed by atoms with van der Waals surface area (Å²) >= 11 is 0. The van der Waals surface area contributed by atoms with Gasteiger partial charge in [-0.3, -0.25) is 9.10 Å². The smallest absolute Gasteiger partial charge is 0.264 e. The number of anilines is 2. The first kappa shape index (κ1) is 21.9. The van der Waals surface area contributed by atoms with Gasteiger partial charge >= 0.3 is 0 Å². The summed E-state index contributed by atoms with van der Waals surface area (Å²) in [6, 6.07) is 21.5. The zero-order valence-corrected chi connectivity index (χ0v) is 17.9. The second-order valence-corrected chi connectivity index (χ2v) is 8.73. The van der Waals surface area contributed by atoms with Crippen molar-refractivity contribution in [1.82, 2.24) is 0 Å². The molecule has 0 saturated heterocycles. The summed E-state index contributed by atoms with van der Waals surface area (Å²) in [6.07, 6.45) is 0. The molecule has 0 spiro atoms. The molecule has 0 fully saturated rings. The summed E-state index contributed by atoms with van der Waals surface area (Å²) in [6.45, 7) is 1.80. The molecule has 3 rings (SSSR count). The molecule has 8 heteroatoms. The number of aryl methyl sites for hydroxylation is 1. The number of nitriles is 1. The predicted octanol–water partition coefficient (Wildman–Crippen LogP) is 3.97.